The Hall–Kier alpha value is -4.41. The number of nitrogens with zero attached hydrogens (tertiary/aromatic N) is 3. The van der Waals surface area contributed by atoms with E-state index in [2.05, 4.69) is 15.4 Å². The molecule has 2 heterocycles. The van der Waals surface area contributed by atoms with Gasteiger partial charge < -0.3 is 33.7 Å². The van der Waals surface area contributed by atoms with Crippen LogP contribution in [0.4, 0.5) is 5.95 Å². The van der Waals surface area contributed by atoms with E-state index < -0.39 is 6.04 Å². The van der Waals surface area contributed by atoms with Crippen LogP contribution in [0.1, 0.15) is 35.9 Å². The summed E-state index contributed by atoms with van der Waals surface area (Å²) in [5, 5.41) is 7.78. The summed E-state index contributed by atoms with van der Waals surface area (Å²) >= 11 is 0. The number of rotatable bonds is 8. The Bertz CT molecular complexity index is 1390. The number of ketones is 1. The fourth-order valence-corrected chi connectivity index (χ4v) is 5.28. The van der Waals surface area contributed by atoms with Gasteiger partial charge in [0.1, 0.15) is 18.1 Å². The van der Waals surface area contributed by atoms with Gasteiger partial charge in [0.05, 0.1) is 42.7 Å². The van der Waals surface area contributed by atoms with E-state index in [1.807, 2.05) is 18.2 Å². The molecular formula is C27H30N4O7. The minimum atomic E-state index is -0.563. The van der Waals surface area contributed by atoms with Crippen LogP contribution in [-0.2, 0) is 4.79 Å². The third-order valence-electron chi connectivity index (χ3n) is 7.05. The number of ether oxygens (including phenoxy) is 6. The fraction of sp³-hybridized carbons (Fsp3) is 0.370. The minimum Gasteiger partial charge on any atom is -0.496 e. The molecule has 3 aromatic rings. The first-order valence-corrected chi connectivity index (χ1v) is 12.0. The minimum absolute atomic E-state index is 0.0134. The third kappa shape index (κ3) is 4.04. The lowest BCUT2D eigenvalue weighted by Gasteiger charge is -2.35. The predicted molar refractivity (Wildman–Crippen MR) is 138 cm³/mol. The SMILES string of the molecule is COc1cc(OC)c([C@H]2C3=C(C[C@H](c4cc(OC)c(OC)c(OC)c4)CC3=O)Nc3ncnn32)cc1OC. The number of benzene rings is 2. The average Bonchev–Trinajstić information content (AvgIpc) is 3.42. The molecule has 38 heavy (non-hydrogen) atoms. The Labute approximate surface area is 220 Å². The van der Waals surface area contributed by atoms with Crippen LogP contribution in [0.3, 0.4) is 0 Å². The highest BCUT2D eigenvalue weighted by molar-refractivity contribution is 6.00. The molecule has 5 rings (SSSR count). The van der Waals surface area contributed by atoms with Crippen molar-refractivity contribution in [2.45, 2.75) is 24.8 Å². The molecule has 0 spiro atoms. The van der Waals surface area contributed by atoms with Crippen LogP contribution in [0.2, 0.25) is 0 Å². The molecule has 0 saturated heterocycles. The number of allylic oxidation sites excluding steroid dienone is 2. The number of anilines is 1. The number of hydrogen-bond acceptors (Lipinski definition) is 10. The number of methoxy groups -OCH3 is 6. The van der Waals surface area contributed by atoms with Gasteiger partial charge in [0.15, 0.2) is 28.8 Å². The van der Waals surface area contributed by atoms with E-state index in [1.54, 1.807) is 53.4 Å². The normalized spacial score (nSPS) is 18.2. The lowest BCUT2D eigenvalue weighted by atomic mass is 9.77. The van der Waals surface area contributed by atoms with Crippen molar-refractivity contribution < 1.29 is 33.2 Å². The van der Waals surface area contributed by atoms with Gasteiger partial charge in [-0.15, -0.1) is 0 Å². The number of fused-ring (bicyclic) bond motifs is 1. The largest absolute Gasteiger partial charge is 0.496 e. The molecule has 11 heteroatoms. The molecule has 0 saturated carbocycles. The second kappa shape index (κ2) is 10.2. The van der Waals surface area contributed by atoms with Crippen molar-refractivity contribution in [2.24, 2.45) is 0 Å². The van der Waals surface area contributed by atoms with Gasteiger partial charge in [-0.2, -0.15) is 10.1 Å². The molecule has 0 fully saturated rings. The fourth-order valence-electron chi connectivity index (χ4n) is 5.28. The smallest absolute Gasteiger partial charge is 0.226 e. The van der Waals surface area contributed by atoms with Crippen molar-refractivity contribution in [3.8, 4) is 34.5 Å². The maximum atomic E-state index is 13.9. The highest BCUT2D eigenvalue weighted by Gasteiger charge is 2.41. The molecule has 0 amide bonds. The Kier molecular flexibility index (Phi) is 6.75. The lowest BCUT2D eigenvalue weighted by molar-refractivity contribution is -0.116. The Morgan fingerprint density at radius 3 is 2.03 bits per heavy atom. The van der Waals surface area contributed by atoms with Crippen molar-refractivity contribution in [3.63, 3.8) is 0 Å². The van der Waals surface area contributed by atoms with Crippen LogP contribution >= 0.6 is 0 Å². The first-order chi connectivity index (χ1) is 18.5. The summed E-state index contributed by atoms with van der Waals surface area (Å²) in [4.78, 5) is 18.3. The maximum Gasteiger partial charge on any atom is 0.226 e. The third-order valence-corrected chi connectivity index (χ3v) is 7.05. The molecule has 11 nitrogen and oxygen atoms in total. The summed E-state index contributed by atoms with van der Waals surface area (Å²) in [5.41, 5.74) is 3.01. The zero-order valence-corrected chi connectivity index (χ0v) is 22.2. The zero-order chi connectivity index (χ0) is 27.0. The van der Waals surface area contributed by atoms with E-state index >= 15 is 0 Å². The predicted octanol–water partition coefficient (Wildman–Crippen LogP) is 3.75. The molecule has 2 aromatic carbocycles. The quantitative estimate of drug-likeness (QED) is 0.469. The Morgan fingerprint density at radius 2 is 1.42 bits per heavy atom. The molecule has 1 N–H and O–H groups in total. The van der Waals surface area contributed by atoms with E-state index in [9.17, 15) is 4.79 Å². The number of carbonyl (C=O) groups excluding carboxylic acids is 1. The van der Waals surface area contributed by atoms with Crippen LogP contribution < -0.4 is 33.7 Å². The lowest BCUT2D eigenvalue weighted by Crippen LogP contribution is -2.33. The maximum absolute atomic E-state index is 13.9. The van der Waals surface area contributed by atoms with Crippen LogP contribution in [0.25, 0.3) is 0 Å². The summed E-state index contributed by atoms with van der Waals surface area (Å²) in [7, 11) is 9.41. The number of aromatic nitrogens is 3. The molecule has 200 valence electrons. The van der Waals surface area contributed by atoms with E-state index in [-0.39, 0.29) is 18.1 Å². The van der Waals surface area contributed by atoms with Crippen molar-refractivity contribution >= 4 is 11.7 Å². The van der Waals surface area contributed by atoms with Crippen LogP contribution in [-0.4, -0.2) is 63.2 Å². The second-order valence-corrected chi connectivity index (χ2v) is 8.88. The van der Waals surface area contributed by atoms with Crippen molar-refractivity contribution in [1.82, 2.24) is 14.8 Å². The van der Waals surface area contributed by atoms with Crippen molar-refractivity contribution in [3.05, 3.63) is 53.0 Å². The Balaban J connectivity index is 1.62. The first-order valence-electron chi connectivity index (χ1n) is 12.0. The van der Waals surface area contributed by atoms with E-state index in [4.69, 9.17) is 28.4 Å². The summed E-state index contributed by atoms with van der Waals surface area (Å²) in [6.07, 6.45) is 2.32. The highest BCUT2D eigenvalue weighted by Crippen LogP contribution is 2.49. The monoisotopic (exact) mass is 522 g/mol. The van der Waals surface area contributed by atoms with Gasteiger partial charge in [-0.1, -0.05) is 0 Å². The second-order valence-electron chi connectivity index (χ2n) is 8.88. The number of nitrogens with one attached hydrogen (secondary N) is 1. The average molecular weight is 523 g/mol. The standard InChI is InChI=1S/C27H30N4O7/c1-33-19-12-21(35-3)20(34-2)11-16(19)25-24-17(30-27-28-13-29-31(25)27)7-14(8-18(24)32)15-9-22(36-4)26(38-6)23(10-15)37-5/h9-14,25H,7-8H2,1-6H3,(H,28,29,30)/t14-,25-/m0/s1. The Morgan fingerprint density at radius 1 is 0.789 bits per heavy atom. The van der Waals surface area contributed by atoms with Gasteiger partial charge in [0, 0.05) is 29.3 Å². The van der Waals surface area contributed by atoms with Gasteiger partial charge in [0.25, 0.3) is 0 Å². The summed E-state index contributed by atoms with van der Waals surface area (Å²) in [6.45, 7) is 0. The molecule has 1 aromatic heterocycles. The molecule has 0 unspecified atom stereocenters. The number of Topliss-reactive ketones (excluding diaryl/α,β-unsaturated/α-hetero) is 1. The summed E-state index contributed by atoms with van der Waals surface area (Å²) in [6, 6.07) is 6.80. The molecular weight excluding hydrogens is 492 g/mol. The molecule has 2 aliphatic rings. The molecule has 1 aliphatic carbocycles. The summed E-state index contributed by atoms with van der Waals surface area (Å²) in [5.74, 6) is 3.57. The van der Waals surface area contributed by atoms with Crippen LogP contribution in [0.15, 0.2) is 41.9 Å². The van der Waals surface area contributed by atoms with E-state index in [0.717, 1.165) is 11.3 Å². The van der Waals surface area contributed by atoms with E-state index in [0.29, 0.717) is 58.0 Å². The van der Waals surface area contributed by atoms with Crippen LogP contribution in [0.5, 0.6) is 34.5 Å². The molecule has 1 aliphatic heterocycles. The molecule has 2 atom stereocenters. The van der Waals surface area contributed by atoms with E-state index in [1.165, 1.54) is 6.33 Å². The van der Waals surface area contributed by atoms with Gasteiger partial charge in [-0.3, -0.25) is 4.79 Å². The number of hydrogen-bond donors (Lipinski definition) is 1. The molecule has 0 bridgehead atoms. The van der Waals surface area contributed by atoms with Gasteiger partial charge in [-0.05, 0) is 36.1 Å². The van der Waals surface area contributed by atoms with Crippen molar-refractivity contribution in [1.29, 1.82) is 0 Å². The zero-order valence-electron chi connectivity index (χ0n) is 22.2. The number of carbonyl (C=O) groups is 1. The van der Waals surface area contributed by atoms with Gasteiger partial charge >= 0.3 is 0 Å². The van der Waals surface area contributed by atoms with Crippen LogP contribution in [0, 0.1) is 0 Å². The summed E-state index contributed by atoms with van der Waals surface area (Å²) < 4.78 is 35.0. The highest BCUT2D eigenvalue weighted by atomic mass is 16.5. The van der Waals surface area contributed by atoms with Gasteiger partial charge in [-0.25, -0.2) is 4.68 Å². The first kappa shape index (κ1) is 25.2. The topological polar surface area (TPSA) is 115 Å². The van der Waals surface area contributed by atoms with Crippen molar-refractivity contribution in [2.75, 3.05) is 48.0 Å². The van der Waals surface area contributed by atoms with Gasteiger partial charge in [0.2, 0.25) is 11.7 Å². The molecule has 0 radical (unpaired) electrons.